The molecule has 188 valence electrons. The first kappa shape index (κ1) is 24.0. The van der Waals surface area contributed by atoms with Crippen molar-refractivity contribution in [2.24, 2.45) is 34.0 Å². The number of fused-ring (bicyclic) bond motifs is 6. The van der Waals surface area contributed by atoms with E-state index < -0.39 is 57.6 Å². The topological polar surface area (TPSA) is 120 Å². The zero-order valence-corrected chi connectivity index (χ0v) is 20.8. The monoisotopic (exact) mass is 484 g/mol. The fourth-order valence-corrected chi connectivity index (χ4v) is 8.03. The Morgan fingerprint density at radius 2 is 1.89 bits per heavy atom. The largest absolute Gasteiger partial charge is 0.472 e. The summed E-state index contributed by atoms with van der Waals surface area (Å²) in [5.74, 6) is -3.82. The molecule has 35 heavy (non-hydrogen) atoms. The molecule has 1 aromatic rings. The maximum absolute atomic E-state index is 13.9. The molecule has 0 spiro atoms. The van der Waals surface area contributed by atoms with Crippen molar-refractivity contribution in [1.82, 2.24) is 0 Å². The molecule has 8 heteroatoms. The normalized spacial score (nSPS) is 41.9. The summed E-state index contributed by atoms with van der Waals surface area (Å²) >= 11 is 0. The lowest BCUT2D eigenvalue weighted by Crippen LogP contribution is -2.72. The lowest BCUT2D eigenvalue weighted by Gasteiger charge is -2.66. The van der Waals surface area contributed by atoms with Gasteiger partial charge < -0.3 is 19.0 Å². The minimum atomic E-state index is -1.58. The quantitative estimate of drug-likeness (QED) is 0.512. The number of cyclic esters (lactones) is 1. The summed E-state index contributed by atoms with van der Waals surface area (Å²) in [5.41, 5.74) is -3.25. The molecule has 0 aromatic carbocycles. The van der Waals surface area contributed by atoms with Crippen LogP contribution in [0.15, 0.2) is 34.7 Å². The van der Waals surface area contributed by atoms with Gasteiger partial charge in [-0.1, -0.05) is 27.7 Å². The van der Waals surface area contributed by atoms with Gasteiger partial charge in [-0.25, -0.2) is 4.79 Å². The molecule has 1 aliphatic heterocycles. The lowest BCUT2D eigenvalue weighted by atomic mass is 9.37. The molecular formula is C27H32O8. The van der Waals surface area contributed by atoms with Crippen LogP contribution < -0.4 is 0 Å². The van der Waals surface area contributed by atoms with Crippen molar-refractivity contribution in [3.63, 3.8) is 0 Å². The standard InChI is InChI=1S/C27H32O8/c1-24(2)17(10-19(28)33-5)26(4)16-6-8-25(3)18(27(16,32)12-15(21(24)30)22(26)31)11-20(29)35-23(25)14-7-9-34-13-14/h7,9,11,13,15-17,23,32H,6,8,10,12H2,1-5H3/t15-,16+,17-,23-,25+,26+,27+/m0/s1. The third-order valence-electron chi connectivity index (χ3n) is 9.76. The number of ketones is 2. The van der Waals surface area contributed by atoms with E-state index in [-0.39, 0.29) is 24.4 Å². The summed E-state index contributed by atoms with van der Waals surface area (Å²) in [6.07, 6.45) is 4.55. The molecule has 0 amide bonds. The predicted octanol–water partition coefficient (Wildman–Crippen LogP) is 3.33. The minimum Gasteiger partial charge on any atom is -0.472 e. The van der Waals surface area contributed by atoms with Crippen LogP contribution in [-0.2, 0) is 28.7 Å². The molecule has 7 atom stereocenters. The summed E-state index contributed by atoms with van der Waals surface area (Å²) in [6.45, 7) is 7.30. The number of hydrogen-bond donors (Lipinski definition) is 1. The van der Waals surface area contributed by atoms with Crippen molar-refractivity contribution in [1.29, 1.82) is 0 Å². The minimum absolute atomic E-state index is 0.0773. The molecule has 2 heterocycles. The van der Waals surface area contributed by atoms with E-state index >= 15 is 0 Å². The Balaban J connectivity index is 1.67. The van der Waals surface area contributed by atoms with Crippen molar-refractivity contribution in [3.05, 3.63) is 35.8 Å². The van der Waals surface area contributed by atoms with Gasteiger partial charge in [0.25, 0.3) is 0 Å². The molecule has 3 saturated carbocycles. The van der Waals surface area contributed by atoms with Crippen molar-refractivity contribution in [3.8, 4) is 0 Å². The van der Waals surface area contributed by atoms with E-state index in [1.807, 2.05) is 6.92 Å². The first-order valence-electron chi connectivity index (χ1n) is 12.1. The third kappa shape index (κ3) is 2.95. The first-order valence-corrected chi connectivity index (χ1v) is 12.1. The van der Waals surface area contributed by atoms with Gasteiger partial charge in [-0.2, -0.15) is 0 Å². The maximum atomic E-state index is 13.9. The Hall–Kier alpha value is -2.74. The second-order valence-corrected chi connectivity index (χ2v) is 11.7. The van der Waals surface area contributed by atoms with Gasteiger partial charge in [-0.15, -0.1) is 0 Å². The fraction of sp³-hybridized carbons (Fsp3) is 0.630. The molecular weight excluding hydrogens is 452 g/mol. The Morgan fingerprint density at radius 1 is 1.17 bits per heavy atom. The Kier molecular flexibility index (Phi) is 5.06. The second kappa shape index (κ2) is 7.38. The van der Waals surface area contributed by atoms with Gasteiger partial charge in [-0.05, 0) is 36.8 Å². The Morgan fingerprint density at radius 3 is 2.51 bits per heavy atom. The molecule has 0 unspecified atom stereocenters. The third-order valence-corrected chi connectivity index (χ3v) is 9.76. The molecule has 5 rings (SSSR count). The SMILES string of the molecule is COC(=O)C[C@H]1C(C)(C)C(=O)[C@@H]2C[C@]3(O)C4=CC(=O)O[C@@H](c5ccoc5)[C@]4(C)CC[C@@H]3[C@@]1(C)C2=O. The summed E-state index contributed by atoms with van der Waals surface area (Å²) in [6, 6.07) is 1.74. The molecule has 1 aromatic heterocycles. The zero-order chi connectivity index (χ0) is 25.6. The highest BCUT2D eigenvalue weighted by molar-refractivity contribution is 6.11. The van der Waals surface area contributed by atoms with Crippen LogP contribution in [0.1, 0.15) is 65.0 Å². The Labute approximate surface area is 204 Å². The molecule has 8 nitrogen and oxygen atoms in total. The number of ether oxygens (including phenoxy) is 2. The average molecular weight is 485 g/mol. The van der Waals surface area contributed by atoms with Gasteiger partial charge in [-0.3, -0.25) is 14.4 Å². The second-order valence-electron chi connectivity index (χ2n) is 11.7. The van der Waals surface area contributed by atoms with E-state index in [0.717, 1.165) is 0 Å². The molecule has 2 bridgehead atoms. The van der Waals surface area contributed by atoms with Gasteiger partial charge >= 0.3 is 11.9 Å². The summed E-state index contributed by atoms with van der Waals surface area (Å²) in [4.78, 5) is 52.7. The van der Waals surface area contributed by atoms with Crippen LogP contribution in [-0.4, -0.2) is 41.3 Å². The molecule has 1 N–H and O–H groups in total. The highest BCUT2D eigenvalue weighted by atomic mass is 16.5. The number of rotatable bonds is 3. The predicted molar refractivity (Wildman–Crippen MR) is 122 cm³/mol. The molecule has 3 fully saturated rings. The number of carbonyl (C=O) groups is 4. The highest BCUT2D eigenvalue weighted by Crippen LogP contribution is 2.69. The summed E-state index contributed by atoms with van der Waals surface area (Å²) in [7, 11) is 1.28. The van der Waals surface area contributed by atoms with Gasteiger partial charge in [0.1, 0.15) is 17.7 Å². The smallest absolute Gasteiger partial charge is 0.331 e. The summed E-state index contributed by atoms with van der Waals surface area (Å²) < 4.78 is 15.9. The van der Waals surface area contributed by atoms with Crippen molar-refractivity contribution in [2.75, 3.05) is 7.11 Å². The summed E-state index contributed by atoms with van der Waals surface area (Å²) in [5, 5.41) is 12.5. The van der Waals surface area contributed by atoms with E-state index in [4.69, 9.17) is 13.9 Å². The van der Waals surface area contributed by atoms with Crippen molar-refractivity contribution >= 4 is 23.5 Å². The number of furan rings is 1. The average Bonchev–Trinajstić information content (AvgIpc) is 3.33. The molecule has 3 aliphatic carbocycles. The number of carbonyl (C=O) groups excluding carboxylic acids is 4. The van der Waals surface area contributed by atoms with E-state index in [9.17, 15) is 24.3 Å². The van der Waals surface area contributed by atoms with Crippen LogP contribution in [0.4, 0.5) is 0 Å². The number of hydrogen-bond acceptors (Lipinski definition) is 8. The maximum Gasteiger partial charge on any atom is 0.331 e. The Bertz CT molecular complexity index is 1150. The molecule has 4 aliphatic rings. The van der Waals surface area contributed by atoms with Crippen LogP contribution in [0.3, 0.4) is 0 Å². The van der Waals surface area contributed by atoms with E-state index in [1.165, 1.54) is 25.7 Å². The number of Topliss-reactive ketones (excluding diaryl/α,β-unsaturated/α-hetero) is 2. The van der Waals surface area contributed by atoms with Crippen molar-refractivity contribution < 1.29 is 38.2 Å². The first-order chi connectivity index (χ1) is 16.3. The van der Waals surface area contributed by atoms with Gasteiger partial charge in [0, 0.05) is 33.8 Å². The lowest BCUT2D eigenvalue weighted by molar-refractivity contribution is -0.207. The van der Waals surface area contributed by atoms with Gasteiger partial charge in [0.15, 0.2) is 0 Å². The zero-order valence-electron chi connectivity index (χ0n) is 20.8. The molecule has 0 radical (unpaired) electrons. The van der Waals surface area contributed by atoms with Gasteiger partial charge in [0.05, 0.1) is 37.6 Å². The number of esters is 2. The highest BCUT2D eigenvalue weighted by Gasteiger charge is 2.73. The van der Waals surface area contributed by atoms with Crippen LogP contribution in [0.5, 0.6) is 0 Å². The van der Waals surface area contributed by atoms with Crippen LogP contribution >= 0.6 is 0 Å². The fourth-order valence-electron chi connectivity index (χ4n) is 8.03. The van der Waals surface area contributed by atoms with E-state index in [1.54, 1.807) is 26.8 Å². The van der Waals surface area contributed by atoms with Crippen molar-refractivity contribution in [2.45, 2.75) is 65.1 Å². The number of aliphatic hydroxyl groups is 1. The van der Waals surface area contributed by atoms with E-state index in [0.29, 0.717) is 24.0 Å². The molecule has 0 saturated heterocycles. The van der Waals surface area contributed by atoms with Gasteiger partial charge in [0.2, 0.25) is 0 Å². The number of methoxy groups -OCH3 is 1. The van der Waals surface area contributed by atoms with E-state index in [2.05, 4.69) is 0 Å². The van der Waals surface area contributed by atoms with Crippen LogP contribution in [0, 0.1) is 34.0 Å². The van der Waals surface area contributed by atoms with Crippen LogP contribution in [0.2, 0.25) is 0 Å². The van der Waals surface area contributed by atoms with Crippen LogP contribution in [0.25, 0.3) is 0 Å².